The topological polar surface area (TPSA) is 58.7 Å². The SMILES string of the molecule is Cc1ccc(N=Cc2ccc(N(C)C)c([N+](=O)[O-])c2)cc1. The predicted octanol–water partition coefficient (Wildman–Crippen LogP) is 3.72. The van der Waals surface area contributed by atoms with Crippen molar-refractivity contribution in [2.75, 3.05) is 19.0 Å². The van der Waals surface area contributed by atoms with Crippen LogP contribution in [0, 0.1) is 17.0 Å². The van der Waals surface area contributed by atoms with Gasteiger partial charge in [0.15, 0.2) is 0 Å². The van der Waals surface area contributed by atoms with Crippen molar-refractivity contribution < 1.29 is 4.92 Å². The Labute approximate surface area is 123 Å². The highest BCUT2D eigenvalue weighted by Crippen LogP contribution is 2.27. The molecular weight excluding hydrogens is 266 g/mol. The summed E-state index contributed by atoms with van der Waals surface area (Å²) in [6.07, 6.45) is 1.64. The van der Waals surface area contributed by atoms with E-state index in [9.17, 15) is 10.1 Å². The van der Waals surface area contributed by atoms with E-state index in [-0.39, 0.29) is 10.6 Å². The first-order valence-corrected chi connectivity index (χ1v) is 6.54. The van der Waals surface area contributed by atoms with E-state index in [0.29, 0.717) is 11.3 Å². The molecule has 0 bridgehead atoms. The number of nitro benzene ring substituents is 1. The van der Waals surface area contributed by atoms with Crippen LogP contribution in [-0.4, -0.2) is 25.2 Å². The molecule has 0 saturated heterocycles. The van der Waals surface area contributed by atoms with Gasteiger partial charge in [0, 0.05) is 26.4 Å². The summed E-state index contributed by atoms with van der Waals surface area (Å²) in [5.41, 5.74) is 3.34. The molecule has 0 aromatic heterocycles. The summed E-state index contributed by atoms with van der Waals surface area (Å²) in [6.45, 7) is 2.01. The highest BCUT2D eigenvalue weighted by Gasteiger charge is 2.15. The number of benzene rings is 2. The molecule has 5 nitrogen and oxygen atoms in total. The molecule has 0 heterocycles. The first-order chi connectivity index (χ1) is 9.97. The predicted molar refractivity (Wildman–Crippen MR) is 85.9 cm³/mol. The van der Waals surface area contributed by atoms with Crippen LogP contribution in [0.1, 0.15) is 11.1 Å². The van der Waals surface area contributed by atoms with Gasteiger partial charge in [-0.3, -0.25) is 15.1 Å². The summed E-state index contributed by atoms with van der Waals surface area (Å²) in [7, 11) is 3.56. The number of aliphatic imine (C=N–C) groups is 1. The van der Waals surface area contributed by atoms with Crippen molar-refractivity contribution in [2.24, 2.45) is 4.99 Å². The molecule has 0 unspecified atom stereocenters. The quantitative estimate of drug-likeness (QED) is 0.488. The zero-order valence-corrected chi connectivity index (χ0v) is 12.3. The Kier molecular flexibility index (Phi) is 4.33. The van der Waals surface area contributed by atoms with Crippen LogP contribution in [0.5, 0.6) is 0 Å². The molecule has 0 atom stereocenters. The molecule has 108 valence electrons. The van der Waals surface area contributed by atoms with Gasteiger partial charge in [-0.2, -0.15) is 0 Å². The van der Waals surface area contributed by atoms with E-state index in [0.717, 1.165) is 5.69 Å². The van der Waals surface area contributed by atoms with Crippen molar-refractivity contribution in [1.29, 1.82) is 0 Å². The molecule has 2 aromatic carbocycles. The number of nitrogens with zero attached hydrogens (tertiary/aromatic N) is 3. The second-order valence-corrected chi connectivity index (χ2v) is 4.99. The average Bonchev–Trinajstić information content (AvgIpc) is 2.46. The highest BCUT2D eigenvalue weighted by atomic mass is 16.6. The smallest absolute Gasteiger partial charge is 0.293 e. The Bertz CT molecular complexity index is 676. The van der Waals surface area contributed by atoms with Crippen LogP contribution >= 0.6 is 0 Å². The van der Waals surface area contributed by atoms with Crippen molar-refractivity contribution in [1.82, 2.24) is 0 Å². The van der Waals surface area contributed by atoms with Gasteiger partial charge in [-0.15, -0.1) is 0 Å². The van der Waals surface area contributed by atoms with E-state index < -0.39 is 0 Å². The molecule has 0 spiro atoms. The van der Waals surface area contributed by atoms with Crippen LogP contribution in [0.3, 0.4) is 0 Å². The average molecular weight is 283 g/mol. The summed E-state index contributed by atoms with van der Waals surface area (Å²) in [4.78, 5) is 16.8. The lowest BCUT2D eigenvalue weighted by Crippen LogP contribution is -2.11. The molecule has 0 aliphatic rings. The molecule has 0 amide bonds. The fourth-order valence-corrected chi connectivity index (χ4v) is 1.93. The first-order valence-electron chi connectivity index (χ1n) is 6.54. The number of nitro groups is 1. The third-order valence-electron chi connectivity index (χ3n) is 3.07. The highest BCUT2D eigenvalue weighted by molar-refractivity contribution is 5.85. The lowest BCUT2D eigenvalue weighted by atomic mass is 10.1. The standard InChI is InChI=1S/C16H17N3O2/c1-12-4-7-14(8-5-12)17-11-13-6-9-15(18(2)3)16(10-13)19(20)21/h4-11H,1-3H3. The summed E-state index contributed by atoms with van der Waals surface area (Å²) in [6, 6.07) is 12.9. The molecule has 0 aliphatic heterocycles. The molecule has 2 rings (SSSR count). The van der Waals surface area contributed by atoms with Crippen LogP contribution < -0.4 is 4.90 Å². The molecule has 0 N–H and O–H groups in total. The van der Waals surface area contributed by atoms with Crippen LogP contribution in [0.4, 0.5) is 17.1 Å². The van der Waals surface area contributed by atoms with Crippen molar-refractivity contribution >= 4 is 23.3 Å². The molecule has 2 aromatic rings. The minimum atomic E-state index is -0.376. The summed E-state index contributed by atoms with van der Waals surface area (Å²) >= 11 is 0. The maximum Gasteiger partial charge on any atom is 0.293 e. The van der Waals surface area contributed by atoms with E-state index in [1.54, 1.807) is 31.3 Å². The monoisotopic (exact) mass is 283 g/mol. The van der Waals surface area contributed by atoms with Crippen molar-refractivity contribution in [3.8, 4) is 0 Å². The van der Waals surface area contributed by atoms with Gasteiger partial charge in [-0.25, -0.2) is 0 Å². The minimum absolute atomic E-state index is 0.0767. The number of aryl methyl sites for hydroxylation is 1. The van der Waals surface area contributed by atoms with Crippen molar-refractivity contribution in [3.05, 3.63) is 63.7 Å². The van der Waals surface area contributed by atoms with Gasteiger partial charge < -0.3 is 4.90 Å². The van der Waals surface area contributed by atoms with Gasteiger partial charge in [0.2, 0.25) is 0 Å². The molecule has 5 heteroatoms. The summed E-state index contributed by atoms with van der Waals surface area (Å²) in [5, 5.41) is 11.1. The summed E-state index contributed by atoms with van der Waals surface area (Å²) in [5.74, 6) is 0. The van der Waals surface area contributed by atoms with E-state index in [2.05, 4.69) is 4.99 Å². The van der Waals surface area contributed by atoms with Crippen LogP contribution in [-0.2, 0) is 0 Å². The Morgan fingerprint density at radius 3 is 2.38 bits per heavy atom. The molecular formula is C16H17N3O2. The Morgan fingerprint density at radius 1 is 1.14 bits per heavy atom. The zero-order valence-electron chi connectivity index (χ0n) is 12.3. The maximum atomic E-state index is 11.1. The molecule has 0 aliphatic carbocycles. The van der Waals surface area contributed by atoms with Crippen molar-refractivity contribution in [3.63, 3.8) is 0 Å². The Balaban J connectivity index is 2.30. The van der Waals surface area contributed by atoms with E-state index in [1.807, 2.05) is 37.3 Å². The Hall–Kier alpha value is -2.69. The first kappa shape index (κ1) is 14.7. The fraction of sp³-hybridized carbons (Fsp3) is 0.188. The Morgan fingerprint density at radius 2 is 1.81 bits per heavy atom. The van der Waals surface area contributed by atoms with Crippen LogP contribution in [0.2, 0.25) is 0 Å². The molecule has 21 heavy (non-hydrogen) atoms. The van der Waals surface area contributed by atoms with E-state index >= 15 is 0 Å². The maximum absolute atomic E-state index is 11.1. The number of hydrogen-bond acceptors (Lipinski definition) is 4. The normalized spacial score (nSPS) is 10.8. The zero-order chi connectivity index (χ0) is 15.4. The van der Waals surface area contributed by atoms with Gasteiger partial charge in [-0.05, 0) is 30.7 Å². The molecule has 0 radical (unpaired) electrons. The largest absolute Gasteiger partial charge is 0.372 e. The molecule has 0 fully saturated rings. The lowest BCUT2D eigenvalue weighted by Gasteiger charge is -2.12. The van der Waals surface area contributed by atoms with Crippen LogP contribution in [0.15, 0.2) is 47.5 Å². The third kappa shape index (κ3) is 3.66. The lowest BCUT2D eigenvalue weighted by molar-refractivity contribution is -0.384. The van der Waals surface area contributed by atoms with Gasteiger partial charge >= 0.3 is 0 Å². The van der Waals surface area contributed by atoms with Gasteiger partial charge in [0.1, 0.15) is 5.69 Å². The van der Waals surface area contributed by atoms with E-state index in [1.165, 1.54) is 11.6 Å². The second kappa shape index (κ2) is 6.17. The fourth-order valence-electron chi connectivity index (χ4n) is 1.93. The second-order valence-electron chi connectivity index (χ2n) is 4.99. The number of rotatable bonds is 4. The van der Waals surface area contributed by atoms with E-state index in [4.69, 9.17) is 0 Å². The van der Waals surface area contributed by atoms with Gasteiger partial charge in [0.05, 0.1) is 10.6 Å². The van der Waals surface area contributed by atoms with Gasteiger partial charge in [-0.1, -0.05) is 23.8 Å². The summed E-state index contributed by atoms with van der Waals surface area (Å²) < 4.78 is 0. The molecule has 0 saturated carbocycles. The third-order valence-corrected chi connectivity index (χ3v) is 3.07. The van der Waals surface area contributed by atoms with Gasteiger partial charge in [0.25, 0.3) is 5.69 Å². The number of hydrogen-bond donors (Lipinski definition) is 0. The van der Waals surface area contributed by atoms with Crippen molar-refractivity contribution in [2.45, 2.75) is 6.92 Å². The van der Waals surface area contributed by atoms with Crippen LogP contribution in [0.25, 0.3) is 0 Å². The minimum Gasteiger partial charge on any atom is -0.372 e. The number of anilines is 1.